The smallest absolute Gasteiger partial charge is 0.274 e. The highest BCUT2D eigenvalue weighted by molar-refractivity contribution is 5.94. The molecule has 0 radical (unpaired) electrons. The minimum absolute atomic E-state index is 0.0783. The molecule has 31 heavy (non-hydrogen) atoms. The molecule has 3 atom stereocenters. The maximum atomic E-state index is 12.9. The zero-order valence-corrected chi connectivity index (χ0v) is 18.6. The fourth-order valence-corrected chi connectivity index (χ4v) is 4.98. The standard InChI is InChI=1S/C21H29N5O5/c1-11(2)19(28)26-8-14-6-15(7-21(14,10-26)20-22-13(4)24-31-20)23-18(27)17-16(9-29-5)12(3)30-25-17/h11,14-15H,6-10H2,1-5H3,(H,23,27)/t14?,15-,21+/m1/s1. The molecule has 1 N–H and O–H groups in total. The van der Waals surface area contributed by atoms with Gasteiger partial charge in [0.1, 0.15) is 5.76 Å². The fourth-order valence-electron chi connectivity index (χ4n) is 4.98. The first-order chi connectivity index (χ1) is 14.7. The highest BCUT2D eigenvalue weighted by Gasteiger charge is 2.58. The SMILES string of the molecule is COCc1c(C(=O)N[C@@H]2CC3CN(C(=O)C(C)C)C[C@@]3(c3nc(C)no3)C2)noc1C. The molecule has 0 aromatic carbocycles. The average Bonchev–Trinajstić information content (AvgIpc) is 3.45. The Morgan fingerprint density at radius 3 is 2.71 bits per heavy atom. The summed E-state index contributed by atoms with van der Waals surface area (Å²) >= 11 is 0. The van der Waals surface area contributed by atoms with Crippen LogP contribution in [-0.2, 0) is 21.6 Å². The first-order valence-corrected chi connectivity index (χ1v) is 10.6. The Morgan fingerprint density at radius 1 is 1.29 bits per heavy atom. The maximum Gasteiger partial charge on any atom is 0.274 e. The maximum absolute atomic E-state index is 12.9. The molecular weight excluding hydrogens is 402 g/mol. The van der Waals surface area contributed by atoms with E-state index < -0.39 is 5.41 Å². The van der Waals surface area contributed by atoms with E-state index in [0.29, 0.717) is 49.0 Å². The summed E-state index contributed by atoms with van der Waals surface area (Å²) in [6.07, 6.45) is 1.33. The van der Waals surface area contributed by atoms with Gasteiger partial charge < -0.3 is 24.0 Å². The quantitative estimate of drug-likeness (QED) is 0.734. The normalized spacial score (nSPS) is 25.3. The molecule has 1 aliphatic carbocycles. The number of aromatic nitrogens is 3. The second kappa shape index (κ2) is 8.07. The minimum atomic E-state index is -0.459. The number of carbonyl (C=O) groups excluding carboxylic acids is 2. The Morgan fingerprint density at radius 2 is 2.06 bits per heavy atom. The number of ether oxygens (including phenoxy) is 1. The molecule has 2 aliphatic rings. The molecule has 0 bridgehead atoms. The van der Waals surface area contributed by atoms with Crippen LogP contribution in [0.25, 0.3) is 0 Å². The van der Waals surface area contributed by atoms with Crippen LogP contribution in [0.15, 0.2) is 9.05 Å². The number of nitrogens with zero attached hydrogens (tertiary/aromatic N) is 4. The summed E-state index contributed by atoms with van der Waals surface area (Å²) in [5.74, 6) is 1.54. The monoisotopic (exact) mass is 431 g/mol. The van der Waals surface area contributed by atoms with Crippen LogP contribution in [0, 0.1) is 25.7 Å². The van der Waals surface area contributed by atoms with Crippen molar-refractivity contribution in [1.82, 2.24) is 25.5 Å². The number of amides is 2. The van der Waals surface area contributed by atoms with Crippen LogP contribution in [0.2, 0.25) is 0 Å². The predicted octanol–water partition coefficient (Wildman–Crippen LogP) is 1.77. The van der Waals surface area contributed by atoms with Crippen LogP contribution in [0.5, 0.6) is 0 Å². The van der Waals surface area contributed by atoms with Crippen molar-refractivity contribution in [3.05, 3.63) is 28.7 Å². The molecule has 1 saturated heterocycles. The van der Waals surface area contributed by atoms with Gasteiger partial charge >= 0.3 is 0 Å². The molecule has 4 rings (SSSR count). The molecule has 0 spiro atoms. The van der Waals surface area contributed by atoms with Crippen LogP contribution in [-0.4, -0.2) is 58.3 Å². The largest absolute Gasteiger partial charge is 0.380 e. The van der Waals surface area contributed by atoms with Crippen molar-refractivity contribution >= 4 is 11.8 Å². The molecule has 1 aliphatic heterocycles. The van der Waals surface area contributed by atoms with Gasteiger partial charge in [-0.1, -0.05) is 24.2 Å². The minimum Gasteiger partial charge on any atom is -0.380 e. The first-order valence-electron chi connectivity index (χ1n) is 10.6. The average molecular weight is 431 g/mol. The number of hydrogen-bond donors (Lipinski definition) is 1. The zero-order chi connectivity index (χ0) is 22.3. The first kappa shape index (κ1) is 21.5. The van der Waals surface area contributed by atoms with Gasteiger partial charge in [-0.25, -0.2) is 0 Å². The molecule has 2 aromatic rings. The summed E-state index contributed by atoms with van der Waals surface area (Å²) < 4.78 is 15.9. The highest BCUT2D eigenvalue weighted by Crippen LogP contribution is 2.50. The molecule has 10 heteroatoms. The summed E-state index contributed by atoms with van der Waals surface area (Å²) in [4.78, 5) is 32.0. The van der Waals surface area contributed by atoms with E-state index in [1.165, 1.54) is 0 Å². The van der Waals surface area contributed by atoms with Gasteiger partial charge in [0.15, 0.2) is 11.5 Å². The number of fused-ring (bicyclic) bond motifs is 1. The molecule has 168 valence electrons. The Bertz CT molecular complexity index is 983. The van der Waals surface area contributed by atoms with Gasteiger partial charge in [-0.3, -0.25) is 9.59 Å². The Labute approximate surface area is 180 Å². The van der Waals surface area contributed by atoms with Crippen molar-refractivity contribution in [2.24, 2.45) is 11.8 Å². The lowest BCUT2D eigenvalue weighted by molar-refractivity contribution is -0.133. The van der Waals surface area contributed by atoms with Gasteiger partial charge in [-0.15, -0.1) is 0 Å². The van der Waals surface area contributed by atoms with E-state index in [1.807, 2.05) is 18.7 Å². The fraction of sp³-hybridized carbons (Fsp3) is 0.667. The van der Waals surface area contributed by atoms with E-state index >= 15 is 0 Å². The number of methoxy groups -OCH3 is 1. The van der Waals surface area contributed by atoms with E-state index in [2.05, 4.69) is 20.6 Å². The lowest BCUT2D eigenvalue weighted by atomic mass is 9.80. The van der Waals surface area contributed by atoms with Crippen molar-refractivity contribution in [2.75, 3.05) is 20.2 Å². The predicted molar refractivity (Wildman–Crippen MR) is 108 cm³/mol. The van der Waals surface area contributed by atoms with E-state index in [4.69, 9.17) is 13.8 Å². The summed E-state index contributed by atoms with van der Waals surface area (Å²) in [6, 6.07) is -0.103. The Kier molecular flexibility index (Phi) is 5.59. The number of nitrogens with one attached hydrogen (secondary N) is 1. The number of carbonyl (C=O) groups is 2. The van der Waals surface area contributed by atoms with Crippen LogP contribution in [0.3, 0.4) is 0 Å². The van der Waals surface area contributed by atoms with Crippen LogP contribution >= 0.6 is 0 Å². The number of rotatable bonds is 6. The van der Waals surface area contributed by atoms with Gasteiger partial charge in [0.2, 0.25) is 11.8 Å². The van der Waals surface area contributed by atoms with Crippen LogP contribution < -0.4 is 5.32 Å². The number of aryl methyl sites for hydroxylation is 2. The zero-order valence-electron chi connectivity index (χ0n) is 18.6. The Balaban J connectivity index is 1.55. The third-order valence-electron chi connectivity index (χ3n) is 6.46. The van der Waals surface area contributed by atoms with Gasteiger partial charge in [0, 0.05) is 32.2 Å². The van der Waals surface area contributed by atoms with Gasteiger partial charge in [0.25, 0.3) is 5.91 Å². The molecule has 2 amide bonds. The summed E-state index contributed by atoms with van der Waals surface area (Å²) in [6.45, 7) is 8.72. The van der Waals surface area contributed by atoms with Crippen LogP contribution in [0.4, 0.5) is 0 Å². The van der Waals surface area contributed by atoms with Crippen molar-refractivity contribution in [3.8, 4) is 0 Å². The number of likely N-dealkylation sites (tertiary alicyclic amines) is 1. The Hall–Kier alpha value is -2.75. The summed E-state index contributed by atoms with van der Waals surface area (Å²) in [7, 11) is 1.56. The van der Waals surface area contributed by atoms with Crippen molar-refractivity contribution < 1.29 is 23.4 Å². The van der Waals surface area contributed by atoms with Crippen LogP contribution in [0.1, 0.15) is 60.2 Å². The molecule has 2 fully saturated rings. The van der Waals surface area contributed by atoms with Gasteiger partial charge in [-0.2, -0.15) is 4.98 Å². The molecule has 3 heterocycles. The van der Waals surface area contributed by atoms with E-state index in [9.17, 15) is 9.59 Å². The second-order valence-electron chi connectivity index (χ2n) is 8.98. The van der Waals surface area contributed by atoms with Gasteiger partial charge in [0.05, 0.1) is 17.6 Å². The lowest BCUT2D eigenvalue weighted by Crippen LogP contribution is -2.40. The highest BCUT2D eigenvalue weighted by atomic mass is 16.5. The molecule has 10 nitrogen and oxygen atoms in total. The van der Waals surface area contributed by atoms with E-state index in [1.54, 1.807) is 21.0 Å². The molecule has 1 unspecified atom stereocenters. The third-order valence-corrected chi connectivity index (χ3v) is 6.46. The van der Waals surface area contributed by atoms with Crippen molar-refractivity contribution in [3.63, 3.8) is 0 Å². The summed E-state index contributed by atoms with van der Waals surface area (Å²) in [5.41, 5.74) is 0.434. The molecule has 1 saturated carbocycles. The van der Waals surface area contributed by atoms with E-state index in [-0.39, 0.29) is 42.0 Å². The summed E-state index contributed by atoms with van der Waals surface area (Å²) in [5, 5.41) is 11.0. The number of hydrogen-bond acceptors (Lipinski definition) is 8. The molecule has 2 aromatic heterocycles. The topological polar surface area (TPSA) is 124 Å². The third kappa shape index (κ3) is 3.73. The van der Waals surface area contributed by atoms with Crippen molar-refractivity contribution in [2.45, 2.75) is 58.6 Å². The van der Waals surface area contributed by atoms with Crippen molar-refractivity contribution in [1.29, 1.82) is 0 Å². The van der Waals surface area contributed by atoms with E-state index in [0.717, 1.165) is 0 Å². The second-order valence-corrected chi connectivity index (χ2v) is 8.98. The van der Waals surface area contributed by atoms with Gasteiger partial charge in [-0.05, 0) is 32.6 Å². The molecular formula is C21H29N5O5. The lowest BCUT2D eigenvalue weighted by Gasteiger charge is -2.26.